The number of hydrogen-bond acceptors (Lipinski definition) is 2. The molecule has 70 valence electrons. The molecule has 0 radical (unpaired) electrons. The fourth-order valence-electron chi connectivity index (χ4n) is 1.87. The van der Waals surface area contributed by atoms with Gasteiger partial charge in [-0.15, -0.1) is 0 Å². The van der Waals surface area contributed by atoms with Crippen LogP contribution < -0.4 is 5.32 Å². The summed E-state index contributed by atoms with van der Waals surface area (Å²) in [5.74, 6) is 0. The van der Waals surface area contributed by atoms with Crippen LogP contribution in [-0.2, 0) is 11.3 Å². The molecule has 0 bridgehead atoms. The maximum Gasteiger partial charge on any atom is 0.0480 e. The summed E-state index contributed by atoms with van der Waals surface area (Å²) in [7, 11) is 1.75. The fourth-order valence-corrected chi connectivity index (χ4v) is 1.87. The molecule has 0 fully saturated rings. The summed E-state index contributed by atoms with van der Waals surface area (Å²) in [6, 6.07) is 9.09. The summed E-state index contributed by atoms with van der Waals surface area (Å²) in [4.78, 5) is 0. The number of rotatable bonds is 3. The second kappa shape index (κ2) is 3.90. The molecule has 0 saturated carbocycles. The molecule has 1 aromatic carbocycles. The zero-order valence-electron chi connectivity index (χ0n) is 7.92. The van der Waals surface area contributed by atoms with Crippen molar-refractivity contribution in [3.05, 3.63) is 35.4 Å². The molecule has 0 spiro atoms. The van der Waals surface area contributed by atoms with Crippen LogP contribution in [0.3, 0.4) is 0 Å². The van der Waals surface area contributed by atoms with E-state index in [9.17, 15) is 0 Å². The van der Waals surface area contributed by atoms with Gasteiger partial charge in [0, 0.05) is 26.3 Å². The third-order valence-electron chi connectivity index (χ3n) is 2.58. The first kappa shape index (κ1) is 8.73. The lowest BCUT2D eigenvalue weighted by atomic mass is 10.0. The second-order valence-corrected chi connectivity index (χ2v) is 3.41. The first-order valence-corrected chi connectivity index (χ1v) is 4.72. The first-order chi connectivity index (χ1) is 6.42. The third kappa shape index (κ3) is 1.74. The van der Waals surface area contributed by atoms with E-state index in [1.165, 1.54) is 11.1 Å². The number of ether oxygens (including phenoxy) is 1. The molecule has 2 heteroatoms. The molecule has 0 amide bonds. The van der Waals surface area contributed by atoms with Gasteiger partial charge in [-0.3, -0.25) is 0 Å². The summed E-state index contributed by atoms with van der Waals surface area (Å²) >= 11 is 0. The number of benzene rings is 1. The van der Waals surface area contributed by atoms with Crippen LogP contribution in [0.4, 0.5) is 0 Å². The van der Waals surface area contributed by atoms with Crippen LogP contribution in [-0.4, -0.2) is 13.7 Å². The smallest absolute Gasteiger partial charge is 0.0480 e. The van der Waals surface area contributed by atoms with Crippen molar-refractivity contribution >= 4 is 0 Å². The van der Waals surface area contributed by atoms with Crippen LogP contribution in [0.15, 0.2) is 24.3 Å². The lowest BCUT2D eigenvalue weighted by Gasteiger charge is -2.10. The van der Waals surface area contributed by atoms with Crippen molar-refractivity contribution in [1.82, 2.24) is 5.32 Å². The van der Waals surface area contributed by atoms with Crippen LogP contribution in [0.2, 0.25) is 0 Å². The van der Waals surface area contributed by atoms with Gasteiger partial charge in [0.25, 0.3) is 0 Å². The monoisotopic (exact) mass is 177 g/mol. The van der Waals surface area contributed by atoms with E-state index in [2.05, 4.69) is 29.6 Å². The van der Waals surface area contributed by atoms with Crippen molar-refractivity contribution in [2.24, 2.45) is 0 Å². The Morgan fingerprint density at radius 2 is 2.31 bits per heavy atom. The van der Waals surface area contributed by atoms with Crippen molar-refractivity contribution in [2.45, 2.75) is 19.0 Å². The molecular formula is C11H15NO. The normalized spacial score (nSPS) is 20.2. The lowest BCUT2D eigenvalue weighted by Crippen LogP contribution is -2.13. The average Bonchev–Trinajstić information content (AvgIpc) is 2.58. The van der Waals surface area contributed by atoms with E-state index in [4.69, 9.17) is 4.74 Å². The molecule has 13 heavy (non-hydrogen) atoms. The number of fused-ring (bicyclic) bond motifs is 1. The van der Waals surface area contributed by atoms with Crippen molar-refractivity contribution in [2.75, 3.05) is 13.7 Å². The van der Waals surface area contributed by atoms with Crippen LogP contribution in [0.1, 0.15) is 23.6 Å². The molecule has 1 aliphatic heterocycles. The minimum absolute atomic E-state index is 0.496. The molecule has 2 rings (SSSR count). The van der Waals surface area contributed by atoms with Gasteiger partial charge in [0.05, 0.1) is 0 Å². The molecule has 1 aromatic rings. The molecule has 1 atom stereocenters. The van der Waals surface area contributed by atoms with E-state index < -0.39 is 0 Å². The highest BCUT2D eigenvalue weighted by Crippen LogP contribution is 2.26. The Kier molecular flexibility index (Phi) is 2.62. The molecule has 0 aromatic heterocycles. The Morgan fingerprint density at radius 3 is 3.15 bits per heavy atom. The molecule has 2 nitrogen and oxygen atoms in total. The summed E-state index contributed by atoms with van der Waals surface area (Å²) in [5.41, 5.74) is 2.88. The SMILES string of the molecule is COCCC1NCc2ccccc21. The average molecular weight is 177 g/mol. The maximum absolute atomic E-state index is 5.08. The van der Waals surface area contributed by atoms with Crippen LogP contribution >= 0.6 is 0 Å². The standard InChI is InChI=1S/C11H15NO/c1-13-7-6-11-10-5-3-2-4-9(10)8-12-11/h2-5,11-12H,6-8H2,1H3. The zero-order valence-corrected chi connectivity index (χ0v) is 7.92. The predicted molar refractivity (Wildman–Crippen MR) is 52.5 cm³/mol. The van der Waals surface area contributed by atoms with Crippen LogP contribution in [0, 0.1) is 0 Å². The number of hydrogen-bond donors (Lipinski definition) is 1. The summed E-state index contributed by atoms with van der Waals surface area (Å²) in [6.45, 7) is 1.83. The number of methoxy groups -OCH3 is 1. The fraction of sp³-hybridized carbons (Fsp3) is 0.455. The summed E-state index contributed by atoms with van der Waals surface area (Å²) in [6.07, 6.45) is 1.06. The van der Waals surface area contributed by atoms with E-state index in [0.29, 0.717) is 6.04 Å². The van der Waals surface area contributed by atoms with Crippen molar-refractivity contribution in [3.63, 3.8) is 0 Å². The van der Waals surface area contributed by atoms with Gasteiger partial charge >= 0.3 is 0 Å². The largest absolute Gasteiger partial charge is 0.385 e. The molecule has 1 aliphatic rings. The topological polar surface area (TPSA) is 21.3 Å². The third-order valence-corrected chi connectivity index (χ3v) is 2.58. The predicted octanol–water partition coefficient (Wildman–Crippen LogP) is 1.87. The van der Waals surface area contributed by atoms with Gasteiger partial charge in [-0.05, 0) is 17.5 Å². The minimum atomic E-state index is 0.496. The Hall–Kier alpha value is -0.860. The quantitative estimate of drug-likeness (QED) is 0.761. The first-order valence-electron chi connectivity index (χ1n) is 4.72. The van der Waals surface area contributed by atoms with E-state index in [1.54, 1.807) is 7.11 Å². The van der Waals surface area contributed by atoms with Crippen molar-refractivity contribution < 1.29 is 4.74 Å². The van der Waals surface area contributed by atoms with Gasteiger partial charge in [-0.25, -0.2) is 0 Å². The van der Waals surface area contributed by atoms with Gasteiger partial charge < -0.3 is 10.1 Å². The molecule has 1 heterocycles. The maximum atomic E-state index is 5.08. The van der Waals surface area contributed by atoms with E-state index in [1.807, 2.05) is 0 Å². The van der Waals surface area contributed by atoms with Gasteiger partial charge in [-0.1, -0.05) is 24.3 Å². The lowest BCUT2D eigenvalue weighted by molar-refractivity contribution is 0.184. The van der Waals surface area contributed by atoms with Crippen LogP contribution in [0.25, 0.3) is 0 Å². The van der Waals surface area contributed by atoms with Gasteiger partial charge in [0.2, 0.25) is 0 Å². The van der Waals surface area contributed by atoms with Gasteiger partial charge in [-0.2, -0.15) is 0 Å². The molecule has 1 unspecified atom stereocenters. The highest BCUT2D eigenvalue weighted by atomic mass is 16.5. The van der Waals surface area contributed by atoms with Gasteiger partial charge in [0.15, 0.2) is 0 Å². The zero-order chi connectivity index (χ0) is 9.10. The van der Waals surface area contributed by atoms with E-state index in [0.717, 1.165) is 19.6 Å². The Morgan fingerprint density at radius 1 is 1.46 bits per heavy atom. The molecule has 0 saturated heterocycles. The van der Waals surface area contributed by atoms with Crippen molar-refractivity contribution in [3.8, 4) is 0 Å². The Balaban J connectivity index is 2.09. The Labute approximate surface area is 78.9 Å². The summed E-state index contributed by atoms with van der Waals surface area (Å²) < 4.78 is 5.08. The van der Waals surface area contributed by atoms with Gasteiger partial charge in [0.1, 0.15) is 0 Å². The molecule has 1 N–H and O–H groups in total. The second-order valence-electron chi connectivity index (χ2n) is 3.41. The highest BCUT2D eigenvalue weighted by molar-refractivity contribution is 5.33. The van der Waals surface area contributed by atoms with Crippen molar-refractivity contribution in [1.29, 1.82) is 0 Å². The highest BCUT2D eigenvalue weighted by Gasteiger charge is 2.19. The molecular weight excluding hydrogens is 162 g/mol. The molecule has 0 aliphatic carbocycles. The Bertz CT molecular complexity index is 285. The van der Waals surface area contributed by atoms with E-state index >= 15 is 0 Å². The van der Waals surface area contributed by atoms with Crippen LogP contribution in [0.5, 0.6) is 0 Å². The number of nitrogens with one attached hydrogen (secondary N) is 1. The van der Waals surface area contributed by atoms with E-state index in [-0.39, 0.29) is 0 Å². The summed E-state index contributed by atoms with van der Waals surface area (Å²) in [5, 5.41) is 3.48. The minimum Gasteiger partial charge on any atom is -0.385 e.